The van der Waals surface area contributed by atoms with Gasteiger partial charge in [-0.05, 0) is 39.3 Å². The predicted molar refractivity (Wildman–Crippen MR) is 80.9 cm³/mol. The number of nitrogen functional groups attached to an aromatic ring is 1. The van der Waals surface area contributed by atoms with Gasteiger partial charge in [0.1, 0.15) is 0 Å². The van der Waals surface area contributed by atoms with Crippen molar-refractivity contribution in [2.75, 3.05) is 31.9 Å². The SMILES string of the molecule is Cc1nc(N)ncc1C(=O)N1CC[C@@H](N2CCCCC2)C1. The van der Waals surface area contributed by atoms with Crippen molar-refractivity contribution in [1.82, 2.24) is 19.8 Å². The molecule has 1 atom stereocenters. The van der Waals surface area contributed by atoms with Crippen LogP contribution in [0.3, 0.4) is 0 Å². The Hall–Kier alpha value is -1.69. The molecule has 2 saturated heterocycles. The summed E-state index contributed by atoms with van der Waals surface area (Å²) >= 11 is 0. The number of carbonyl (C=O) groups excluding carboxylic acids is 1. The van der Waals surface area contributed by atoms with E-state index in [4.69, 9.17) is 5.73 Å². The molecule has 6 nitrogen and oxygen atoms in total. The number of aromatic nitrogens is 2. The average molecular weight is 289 g/mol. The van der Waals surface area contributed by atoms with Crippen molar-refractivity contribution in [3.05, 3.63) is 17.5 Å². The van der Waals surface area contributed by atoms with Crippen LogP contribution in [0.5, 0.6) is 0 Å². The number of amides is 1. The molecule has 0 bridgehead atoms. The van der Waals surface area contributed by atoms with Crippen molar-refractivity contribution < 1.29 is 4.79 Å². The molecule has 21 heavy (non-hydrogen) atoms. The molecule has 3 heterocycles. The molecule has 2 aliphatic rings. The van der Waals surface area contributed by atoms with Crippen LogP contribution in [0.25, 0.3) is 0 Å². The van der Waals surface area contributed by atoms with Crippen LogP contribution in [0, 0.1) is 6.92 Å². The first-order chi connectivity index (χ1) is 10.1. The minimum atomic E-state index is 0.0343. The van der Waals surface area contributed by atoms with E-state index in [1.54, 1.807) is 6.20 Å². The molecule has 6 heteroatoms. The van der Waals surface area contributed by atoms with Crippen molar-refractivity contribution >= 4 is 11.9 Å². The number of aryl methyl sites for hydroxylation is 1. The Bertz CT molecular complexity index is 527. The largest absolute Gasteiger partial charge is 0.368 e. The maximum absolute atomic E-state index is 12.6. The number of nitrogens with two attached hydrogens (primary N) is 1. The lowest BCUT2D eigenvalue weighted by atomic mass is 10.1. The van der Waals surface area contributed by atoms with Crippen molar-refractivity contribution in [3.63, 3.8) is 0 Å². The third kappa shape index (κ3) is 3.00. The quantitative estimate of drug-likeness (QED) is 0.881. The van der Waals surface area contributed by atoms with E-state index in [-0.39, 0.29) is 11.9 Å². The number of hydrogen-bond donors (Lipinski definition) is 1. The summed E-state index contributed by atoms with van der Waals surface area (Å²) in [6, 6.07) is 0.518. The summed E-state index contributed by atoms with van der Waals surface area (Å²) < 4.78 is 0. The third-order valence-electron chi connectivity index (χ3n) is 4.59. The van der Waals surface area contributed by atoms with E-state index in [0.29, 0.717) is 17.3 Å². The number of rotatable bonds is 2. The molecule has 1 aromatic heterocycles. The summed E-state index contributed by atoms with van der Waals surface area (Å²) in [6.07, 6.45) is 6.54. The molecule has 0 unspecified atom stereocenters. The predicted octanol–water partition coefficient (Wildman–Crippen LogP) is 1.07. The summed E-state index contributed by atoms with van der Waals surface area (Å²) in [4.78, 5) is 25.1. The fourth-order valence-corrected chi connectivity index (χ4v) is 3.37. The third-order valence-corrected chi connectivity index (χ3v) is 4.59. The van der Waals surface area contributed by atoms with Crippen molar-refractivity contribution in [1.29, 1.82) is 0 Å². The lowest BCUT2D eigenvalue weighted by Gasteiger charge is -2.32. The van der Waals surface area contributed by atoms with Crippen LogP contribution < -0.4 is 5.73 Å². The van der Waals surface area contributed by atoms with Crippen LogP contribution in [-0.4, -0.2) is 57.9 Å². The van der Waals surface area contributed by atoms with Crippen LogP contribution in [0.2, 0.25) is 0 Å². The highest BCUT2D eigenvalue weighted by Gasteiger charge is 2.32. The smallest absolute Gasteiger partial charge is 0.257 e. The van der Waals surface area contributed by atoms with E-state index in [9.17, 15) is 4.79 Å². The van der Waals surface area contributed by atoms with Crippen LogP contribution in [0.1, 0.15) is 41.7 Å². The lowest BCUT2D eigenvalue weighted by Crippen LogP contribution is -2.41. The van der Waals surface area contributed by atoms with Crippen LogP contribution in [0.4, 0.5) is 5.95 Å². The number of nitrogens with zero attached hydrogens (tertiary/aromatic N) is 4. The van der Waals surface area contributed by atoms with E-state index in [1.807, 2.05) is 11.8 Å². The van der Waals surface area contributed by atoms with E-state index in [2.05, 4.69) is 14.9 Å². The zero-order valence-corrected chi connectivity index (χ0v) is 12.6. The number of carbonyl (C=O) groups is 1. The van der Waals surface area contributed by atoms with Crippen LogP contribution >= 0.6 is 0 Å². The molecule has 1 amide bonds. The van der Waals surface area contributed by atoms with Gasteiger partial charge in [0.2, 0.25) is 5.95 Å². The highest BCUT2D eigenvalue weighted by Crippen LogP contribution is 2.22. The number of likely N-dealkylation sites (tertiary alicyclic amines) is 2. The Morgan fingerprint density at radius 1 is 1.29 bits per heavy atom. The number of hydrogen-bond acceptors (Lipinski definition) is 5. The van der Waals surface area contributed by atoms with Gasteiger partial charge in [0.05, 0.1) is 11.3 Å². The monoisotopic (exact) mass is 289 g/mol. The summed E-state index contributed by atoms with van der Waals surface area (Å²) in [5.74, 6) is 0.253. The zero-order chi connectivity index (χ0) is 14.8. The van der Waals surface area contributed by atoms with Gasteiger partial charge in [-0.15, -0.1) is 0 Å². The van der Waals surface area contributed by atoms with Crippen LogP contribution in [0.15, 0.2) is 6.20 Å². The molecular weight excluding hydrogens is 266 g/mol. The van der Waals surface area contributed by atoms with Gasteiger partial charge in [-0.25, -0.2) is 9.97 Å². The topological polar surface area (TPSA) is 75.3 Å². The van der Waals surface area contributed by atoms with Crippen molar-refractivity contribution in [2.24, 2.45) is 0 Å². The highest BCUT2D eigenvalue weighted by molar-refractivity contribution is 5.95. The lowest BCUT2D eigenvalue weighted by molar-refractivity contribution is 0.0770. The minimum Gasteiger partial charge on any atom is -0.368 e. The van der Waals surface area contributed by atoms with Crippen LogP contribution in [-0.2, 0) is 0 Å². The first-order valence-corrected chi connectivity index (χ1v) is 7.77. The first-order valence-electron chi connectivity index (χ1n) is 7.77. The van der Waals surface area contributed by atoms with Gasteiger partial charge in [0, 0.05) is 25.3 Å². The summed E-state index contributed by atoms with van der Waals surface area (Å²) in [7, 11) is 0. The molecule has 114 valence electrons. The van der Waals surface area contributed by atoms with E-state index in [1.165, 1.54) is 32.4 Å². The summed E-state index contributed by atoms with van der Waals surface area (Å²) in [5, 5.41) is 0. The minimum absolute atomic E-state index is 0.0343. The molecule has 2 fully saturated rings. The molecule has 0 aromatic carbocycles. The number of anilines is 1. The molecular formula is C15H23N5O. The van der Waals surface area contributed by atoms with Crippen molar-refractivity contribution in [2.45, 2.75) is 38.6 Å². The Kier molecular flexibility index (Phi) is 4.05. The fourth-order valence-electron chi connectivity index (χ4n) is 3.37. The van der Waals surface area contributed by atoms with E-state index >= 15 is 0 Å². The Morgan fingerprint density at radius 3 is 2.76 bits per heavy atom. The standard InChI is InChI=1S/C15H23N5O/c1-11-13(9-17-15(16)18-11)14(21)20-8-5-12(10-20)19-6-3-2-4-7-19/h9,12H,2-8,10H2,1H3,(H2,16,17,18)/t12-/m1/s1. The molecule has 0 aliphatic carbocycles. The molecule has 3 rings (SSSR count). The van der Waals surface area contributed by atoms with Gasteiger partial charge in [0.15, 0.2) is 0 Å². The zero-order valence-electron chi connectivity index (χ0n) is 12.6. The Labute approximate surface area is 125 Å². The highest BCUT2D eigenvalue weighted by atomic mass is 16.2. The van der Waals surface area contributed by atoms with Gasteiger partial charge in [0.25, 0.3) is 5.91 Å². The second-order valence-corrected chi connectivity index (χ2v) is 6.02. The van der Waals surface area contributed by atoms with Gasteiger partial charge in [-0.3, -0.25) is 9.69 Å². The maximum Gasteiger partial charge on any atom is 0.257 e. The first kappa shape index (κ1) is 14.3. The maximum atomic E-state index is 12.6. The second-order valence-electron chi connectivity index (χ2n) is 6.02. The Morgan fingerprint density at radius 2 is 2.05 bits per heavy atom. The van der Waals surface area contributed by atoms with E-state index in [0.717, 1.165) is 19.5 Å². The fraction of sp³-hybridized carbons (Fsp3) is 0.667. The van der Waals surface area contributed by atoms with Gasteiger partial charge < -0.3 is 10.6 Å². The molecule has 0 saturated carbocycles. The van der Waals surface area contributed by atoms with Gasteiger partial charge in [-0.1, -0.05) is 6.42 Å². The molecule has 2 aliphatic heterocycles. The Balaban J connectivity index is 1.66. The molecule has 1 aromatic rings. The normalized spacial score (nSPS) is 23.5. The molecule has 0 radical (unpaired) electrons. The molecule has 0 spiro atoms. The summed E-state index contributed by atoms with van der Waals surface area (Å²) in [5.41, 5.74) is 6.78. The molecule has 2 N–H and O–H groups in total. The van der Waals surface area contributed by atoms with E-state index < -0.39 is 0 Å². The van der Waals surface area contributed by atoms with Gasteiger partial charge >= 0.3 is 0 Å². The van der Waals surface area contributed by atoms with Gasteiger partial charge in [-0.2, -0.15) is 0 Å². The average Bonchev–Trinajstić information content (AvgIpc) is 2.97. The van der Waals surface area contributed by atoms with Crippen molar-refractivity contribution in [3.8, 4) is 0 Å². The number of piperidine rings is 1. The summed E-state index contributed by atoms with van der Waals surface area (Å²) in [6.45, 7) is 5.81. The second kappa shape index (κ2) is 5.97.